The highest BCUT2D eigenvalue weighted by molar-refractivity contribution is 6.35. The molecule has 0 unspecified atom stereocenters. The van der Waals surface area contributed by atoms with Crippen LogP contribution in [0.2, 0.25) is 5.02 Å². The van der Waals surface area contributed by atoms with Gasteiger partial charge >= 0.3 is 0 Å². The van der Waals surface area contributed by atoms with Crippen molar-refractivity contribution in [1.29, 1.82) is 0 Å². The minimum Gasteiger partial charge on any atom is -0.494 e. The Balaban J connectivity index is 2.72. The van der Waals surface area contributed by atoms with Crippen molar-refractivity contribution in [3.05, 3.63) is 28.8 Å². The van der Waals surface area contributed by atoms with Crippen molar-refractivity contribution in [3.8, 4) is 5.75 Å². The molecule has 90 valence electrons. The lowest BCUT2D eigenvalue weighted by Gasteiger charge is -2.10. The second-order valence-corrected chi connectivity index (χ2v) is 4.34. The fourth-order valence-electron chi connectivity index (χ4n) is 1.89. The van der Waals surface area contributed by atoms with Crippen LogP contribution in [0, 0.1) is 0 Å². The molecule has 1 heterocycles. The molecule has 0 saturated carbocycles. The number of aromatic nitrogens is 1. The Hall–Kier alpha value is -1.48. The van der Waals surface area contributed by atoms with E-state index in [1.807, 2.05) is 12.1 Å². The van der Waals surface area contributed by atoms with Crippen LogP contribution in [-0.4, -0.2) is 12.1 Å². The maximum absolute atomic E-state index is 6.17. The number of methoxy groups -OCH3 is 1. The summed E-state index contributed by atoms with van der Waals surface area (Å²) in [5, 5.41) is 1.56. The van der Waals surface area contributed by atoms with Gasteiger partial charge in [0.25, 0.3) is 0 Å². The molecule has 0 radical (unpaired) electrons. The van der Waals surface area contributed by atoms with Gasteiger partial charge in [-0.15, -0.1) is 0 Å². The lowest BCUT2D eigenvalue weighted by Crippen LogP contribution is -1.99. The zero-order valence-electron chi connectivity index (χ0n) is 9.96. The average molecular weight is 251 g/mol. The normalized spacial score (nSPS) is 10.8. The molecule has 3 nitrogen and oxygen atoms in total. The van der Waals surface area contributed by atoms with Crippen molar-refractivity contribution in [1.82, 2.24) is 4.98 Å². The van der Waals surface area contributed by atoms with E-state index in [1.54, 1.807) is 13.2 Å². The van der Waals surface area contributed by atoms with E-state index in [-0.39, 0.29) is 0 Å². The van der Waals surface area contributed by atoms with Gasteiger partial charge in [0.05, 0.1) is 12.1 Å². The molecule has 1 aromatic carbocycles. The molecular formula is C13H15ClN2O. The highest BCUT2D eigenvalue weighted by Gasteiger charge is 2.10. The number of rotatable bonds is 3. The third-order valence-electron chi connectivity index (χ3n) is 2.75. The van der Waals surface area contributed by atoms with Crippen molar-refractivity contribution < 1.29 is 4.74 Å². The molecule has 0 atom stereocenters. The summed E-state index contributed by atoms with van der Waals surface area (Å²) in [6.45, 7) is 2.11. The molecule has 0 amide bonds. The van der Waals surface area contributed by atoms with Crippen LogP contribution in [-0.2, 0) is 6.42 Å². The van der Waals surface area contributed by atoms with Crippen molar-refractivity contribution in [2.45, 2.75) is 19.8 Å². The van der Waals surface area contributed by atoms with E-state index in [9.17, 15) is 0 Å². The molecule has 2 N–H and O–H groups in total. The van der Waals surface area contributed by atoms with Gasteiger partial charge in [-0.25, -0.2) is 4.98 Å². The van der Waals surface area contributed by atoms with Gasteiger partial charge in [-0.3, -0.25) is 0 Å². The number of nitrogen functional groups attached to an aromatic ring is 1. The van der Waals surface area contributed by atoms with E-state index >= 15 is 0 Å². The van der Waals surface area contributed by atoms with Crippen molar-refractivity contribution in [2.24, 2.45) is 0 Å². The van der Waals surface area contributed by atoms with Crippen LogP contribution in [0.15, 0.2) is 18.2 Å². The molecule has 1 aromatic heterocycles. The van der Waals surface area contributed by atoms with Crippen molar-refractivity contribution in [2.75, 3.05) is 12.8 Å². The van der Waals surface area contributed by atoms with E-state index in [1.165, 1.54) is 0 Å². The molecule has 2 aromatic rings. The van der Waals surface area contributed by atoms with Gasteiger partial charge in [-0.2, -0.15) is 0 Å². The predicted molar refractivity (Wildman–Crippen MR) is 71.7 cm³/mol. The lowest BCUT2D eigenvalue weighted by atomic mass is 10.1. The van der Waals surface area contributed by atoms with Crippen LogP contribution < -0.4 is 10.5 Å². The number of fused-ring (bicyclic) bond motifs is 1. The summed E-state index contributed by atoms with van der Waals surface area (Å²) in [5.41, 5.74) is 7.69. The smallest absolute Gasteiger partial charge is 0.145 e. The van der Waals surface area contributed by atoms with Crippen LogP contribution in [0.3, 0.4) is 0 Å². The van der Waals surface area contributed by atoms with Crippen molar-refractivity contribution >= 4 is 28.3 Å². The van der Waals surface area contributed by atoms with E-state index in [2.05, 4.69) is 11.9 Å². The standard InChI is InChI=1S/C13H15ClN2O/c1-3-4-8-7-9-10(14)5-6-11(17-2)12(9)16-13(8)15/h5-7H,3-4H2,1-2H3,(H2,15,16). The Morgan fingerprint density at radius 2 is 2.18 bits per heavy atom. The number of halogens is 1. The maximum atomic E-state index is 6.17. The quantitative estimate of drug-likeness (QED) is 0.908. The maximum Gasteiger partial charge on any atom is 0.145 e. The molecule has 2 rings (SSSR count). The average Bonchev–Trinajstić information content (AvgIpc) is 2.32. The van der Waals surface area contributed by atoms with E-state index in [0.29, 0.717) is 16.6 Å². The molecule has 0 aliphatic carbocycles. The molecule has 0 fully saturated rings. The second kappa shape index (κ2) is 4.80. The van der Waals surface area contributed by atoms with Crippen LogP contribution >= 0.6 is 11.6 Å². The molecule has 4 heteroatoms. The first-order chi connectivity index (χ1) is 8.17. The van der Waals surface area contributed by atoms with Gasteiger partial charge in [-0.1, -0.05) is 24.9 Å². The summed E-state index contributed by atoms with van der Waals surface area (Å²) in [7, 11) is 1.61. The third kappa shape index (κ3) is 2.15. The first kappa shape index (κ1) is 12.0. The van der Waals surface area contributed by atoms with Crippen LogP contribution in [0.4, 0.5) is 5.82 Å². The Morgan fingerprint density at radius 3 is 2.82 bits per heavy atom. The summed E-state index contributed by atoms with van der Waals surface area (Å²) < 4.78 is 5.26. The first-order valence-electron chi connectivity index (χ1n) is 5.59. The Labute approximate surface area is 106 Å². The molecule has 0 spiro atoms. The van der Waals surface area contributed by atoms with Crippen molar-refractivity contribution in [3.63, 3.8) is 0 Å². The molecule has 0 aliphatic rings. The molecule has 17 heavy (non-hydrogen) atoms. The Bertz CT molecular complexity index is 555. The molecule has 0 bridgehead atoms. The van der Waals surface area contributed by atoms with Crippen LogP contribution in [0.5, 0.6) is 5.75 Å². The van der Waals surface area contributed by atoms with Gasteiger partial charge in [0.15, 0.2) is 0 Å². The van der Waals surface area contributed by atoms with E-state index in [4.69, 9.17) is 22.1 Å². The SMILES string of the molecule is CCCc1cc2c(Cl)ccc(OC)c2nc1N. The van der Waals surface area contributed by atoms with Gasteiger partial charge in [0.2, 0.25) is 0 Å². The molecule has 0 saturated heterocycles. The summed E-state index contributed by atoms with van der Waals surface area (Å²) in [4.78, 5) is 4.39. The van der Waals surface area contributed by atoms with Gasteiger partial charge in [0, 0.05) is 5.39 Å². The third-order valence-corrected chi connectivity index (χ3v) is 3.08. The van der Waals surface area contributed by atoms with E-state index in [0.717, 1.165) is 29.3 Å². The zero-order valence-corrected chi connectivity index (χ0v) is 10.7. The number of nitrogens with two attached hydrogens (primary N) is 1. The zero-order chi connectivity index (χ0) is 12.4. The summed E-state index contributed by atoms with van der Waals surface area (Å²) in [6.07, 6.45) is 1.93. The number of hydrogen-bond donors (Lipinski definition) is 1. The van der Waals surface area contributed by atoms with E-state index < -0.39 is 0 Å². The largest absolute Gasteiger partial charge is 0.494 e. The monoisotopic (exact) mass is 250 g/mol. The fourth-order valence-corrected chi connectivity index (χ4v) is 2.10. The highest BCUT2D eigenvalue weighted by atomic mass is 35.5. The number of pyridine rings is 1. The minimum atomic E-state index is 0.555. The lowest BCUT2D eigenvalue weighted by molar-refractivity contribution is 0.419. The van der Waals surface area contributed by atoms with Gasteiger partial charge in [-0.05, 0) is 30.2 Å². The second-order valence-electron chi connectivity index (χ2n) is 3.93. The number of nitrogens with zero attached hydrogens (tertiary/aromatic N) is 1. The minimum absolute atomic E-state index is 0.555. The summed E-state index contributed by atoms with van der Waals surface area (Å²) in [5.74, 6) is 1.25. The summed E-state index contributed by atoms with van der Waals surface area (Å²) in [6, 6.07) is 5.62. The highest BCUT2D eigenvalue weighted by Crippen LogP contribution is 2.32. The van der Waals surface area contributed by atoms with Gasteiger partial charge in [0.1, 0.15) is 17.1 Å². The topological polar surface area (TPSA) is 48.1 Å². The molecular weight excluding hydrogens is 236 g/mol. The van der Waals surface area contributed by atoms with Crippen LogP contribution in [0.25, 0.3) is 10.9 Å². The van der Waals surface area contributed by atoms with Gasteiger partial charge < -0.3 is 10.5 Å². The number of hydrogen-bond acceptors (Lipinski definition) is 3. The Kier molecular flexibility index (Phi) is 3.38. The number of ether oxygens (including phenoxy) is 1. The van der Waals surface area contributed by atoms with Crippen LogP contribution in [0.1, 0.15) is 18.9 Å². The fraction of sp³-hybridized carbons (Fsp3) is 0.308. The first-order valence-corrected chi connectivity index (χ1v) is 5.96. The number of aryl methyl sites for hydroxylation is 1. The summed E-state index contributed by atoms with van der Waals surface area (Å²) >= 11 is 6.17. The number of benzene rings is 1. The number of anilines is 1. The Morgan fingerprint density at radius 1 is 1.41 bits per heavy atom. The predicted octanol–water partition coefficient (Wildman–Crippen LogP) is 3.43. The molecule has 0 aliphatic heterocycles.